The van der Waals surface area contributed by atoms with E-state index in [2.05, 4.69) is 19.2 Å². The van der Waals surface area contributed by atoms with Crippen LogP contribution in [0.5, 0.6) is 5.75 Å². The Labute approximate surface area is 110 Å². The fraction of sp³-hybridized carbons (Fsp3) is 0.600. The second-order valence-corrected chi connectivity index (χ2v) is 4.71. The van der Waals surface area contributed by atoms with Crippen molar-refractivity contribution in [2.75, 3.05) is 13.2 Å². The molecule has 0 spiro atoms. The molecule has 1 atom stereocenters. The van der Waals surface area contributed by atoms with E-state index in [1.807, 2.05) is 6.07 Å². The lowest BCUT2D eigenvalue weighted by molar-refractivity contribution is 0.300. The van der Waals surface area contributed by atoms with Gasteiger partial charge in [0.25, 0.3) is 0 Å². The second kappa shape index (κ2) is 8.09. The average molecular weight is 253 g/mol. The third-order valence-electron chi connectivity index (χ3n) is 3.00. The second-order valence-electron chi connectivity index (χ2n) is 4.71. The molecular weight excluding hydrogens is 229 g/mol. The number of rotatable bonds is 8. The summed E-state index contributed by atoms with van der Waals surface area (Å²) in [5, 5.41) is 3.38. The topological polar surface area (TPSA) is 21.3 Å². The predicted molar refractivity (Wildman–Crippen MR) is 73.6 cm³/mol. The van der Waals surface area contributed by atoms with Crippen LogP contribution in [0.15, 0.2) is 18.2 Å². The maximum absolute atomic E-state index is 13.3. The summed E-state index contributed by atoms with van der Waals surface area (Å²) >= 11 is 0. The molecule has 1 aromatic rings. The SMILES string of the molecule is CCNC(C)CCCCOc1ccc(C)c(F)c1. The highest BCUT2D eigenvalue weighted by Crippen LogP contribution is 2.16. The van der Waals surface area contributed by atoms with Crippen LogP contribution in [0.2, 0.25) is 0 Å². The molecule has 0 aliphatic rings. The predicted octanol–water partition coefficient (Wildman–Crippen LogP) is 3.68. The molecule has 0 aliphatic heterocycles. The van der Waals surface area contributed by atoms with Crippen LogP contribution in [0.4, 0.5) is 4.39 Å². The van der Waals surface area contributed by atoms with Crippen LogP contribution >= 0.6 is 0 Å². The van der Waals surface area contributed by atoms with Crippen molar-refractivity contribution in [3.05, 3.63) is 29.6 Å². The van der Waals surface area contributed by atoms with Gasteiger partial charge in [-0.15, -0.1) is 0 Å². The third kappa shape index (κ3) is 5.50. The molecular formula is C15H24FNO. The maximum atomic E-state index is 13.3. The van der Waals surface area contributed by atoms with E-state index in [-0.39, 0.29) is 5.82 Å². The molecule has 0 bridgehead atoms. The van der Waals surface area contributed by atoms with Gasteiger partial charge in [0, 0.05) is 12.1 Å². The summed E-state index contributed by atoms with van der Waals surface area (Å²) in [4.78, 5) is 0. The first-order valence-corrected chi connectivity index (χ1v) is 6.75. The van der Waals surface area contributed by atoms with Crippen molar-refractivity contribution in [3.63, 3.8) is 0 Å². The number of hydrogen-bond acceptors (Lipinski definition) is 2. The minimum atomic E-state index is -0.201. The highest BCUT2D eigenvalue weighted by molar-refractivity contribution is 5.27. The molecule has 3 heteroatoms. The molecule has 0 amide bonds. The third-order valence-corrected chi connectivity index (χ3v) is 3.00. The summed E-state index contributed by atoms with van der Waals surface area (Å²) in [6.45, 7) is 7.73. The Bertz CT molecular complexity index is 354. The van der Waals surface area contributed by atoms with Crippen molar-refractivity contribution in [3.8, 4) is 5.75 Å². The summed E-state index contributed by atoms with van der Waals surface area (Å²) < 4.78 is 18.8. The molecule has 0 heterocycles. The Morgan fingerprint density at radius 2 is 2.11 bits per heavy atom. The van der Waals surface area contributed by atoms with Gasteiger partial charge in [-0.3, -0.25) is 0 Å². The number of nitrogens with one attached hydrogen (secondary N) is 1. The quantitative estimate of drug-likeness (QED) is 0.714. The number of aryl methyl sites for hydroxylation is 1. The number of ether oxygens (including phenoxy) is 1. The van der Waals surface area contributed by atoms with Gasteiger partial charge >= 0.3 is 0 Å². The molecule has 1 N–H and O–H groups in total. The number of unbranched alkanes of at least 4 members (excludes halogenated alkanes) is 1. The van der Waals surface area contributed by atoms with Crippen molar-refractivity contribution >= 4 is 0 Å². The van der Waals surface area contributed by atoms with Crippen molar-refractivity contribution < 1.29 is 9.13 Å². The Morgan fingerprint density at radius 1 is 1.33 bits per heavy atom. The van der Waals surface area contributed by atoms with Crippen LogP contribution in [0.25, 0.3) is 0 Å². The largest absolute Gasteiger partial charge is 0.493 e. The van der Waals surface area contributed by atoms with Crippen molar-refractivity contribution in [1.82, 2.24) is 5.32 Å². The molecule has 18 heavy (non-hydrogen) atoms. The summed E-state index contributed by atoms with van der Waals surface area (Å²) in [6, 6.07) is 5.58. The molecule has 1 aromatic carbocycles. The van der Waals surface area contributed by atoms with Crippen LogP contribution in [-0.2, 0) is 0 Å². The molecule has 0 aliphatic carbocycles. The minimum absolute atomic E-state index is 0.201. The first-order chi connectivity index (χ1) is 8.63. The molecule has 1 rings (SSSR count). The van der Waals surface area contributed by atoms with Crippen LogP contribution in [0.1, 0.15) is 38.7 Å². The summed E-state index contributed by atoms with van der Waals surface area (Å²) in [5.41, 5.74) is 0.654. The first-order valence-electron chi connectivity index (χ1n) is 6.75. The molecule has 0 aromatic heterocycles. The van der Waals surface area contributed by atoms with Crippen molar-refractivity contribution in [1.29, 1.82) is 0 Å². The lowest BCUT2D eigenvalue weighted by Gasteiger charge is -2.12. The summed E-state index contributed by atoms with van der Waals surface area (Å²) in [6.07, 6.45) is 3.28. The zero-order valence-corrected chi connectivity index (χ0v) is 11.6. The number of hydrogen-bond donors (Lipinski definition) is 1. The minimum Gasteiger partial charge on any atom is -0.493 e. The molecule has 2 nitrogen and oxygen atoms in total. The van der Waals surface area contributed by atoms with Crippen LogP contribution < -0.4 is 10.1 Å². The maximum Gasteiger partial charge on any atom is 0.129 e. The normalized spacial score (nSPS) is 12.4. The number of benzene rings is 1. The van der Waals surface area contributed by atoms with Gasteiger partial charge < -0.3 is 10.1 Å². The lowest BCUT2D eigenvalue weighted by Crippen LogP contribution is -2.25. The number of halogens is 1. The molecule has 102 valence electrons. The van der Waals surface area contributed by atoms with Crippen LogP contribution in [0, 0.1) is 12.7 Å². The molecule has 0 saturated heterocycles. The Morgan fingerprint density at radius 3 is 2.78 bits per heavy atom. The summed E-state index contributed by atoms with van der Waals surface area (Å²) in [5.74, 6) is 0.422. The van der Waals surface area contributed by atoms with E-state index in [0.717, 1.165) is 25.8 Å². The fourth-order valence-electron chi connectivity index (χ4n) is 1.86. The van der Waals surface area contributed by atoms with Crippen molar-refractivity contribution in [2.24, 2.45) is 0 Å². The van der Waals surface area contributed by atoms with E-state index in [1.165, 1.54) is 6.07 Å². The van der Waals surface area contributed by atoms with Gasteiger partial charge in [-0.2, -0.15) is 0 Å². The van der Waals surface area contributed by atoms with E-state index in [4.69, 9.17) is 4.74 Å². The van der Waals surface area contributed by atoms with Gasteiger partial charge in [0.2, 0.25) is 0 Å². The van der Waals surface area contributed by atoms with Crippen molar-refractivity contribution in [2.45, 2.75) is 46.1 Å². The van der Waals surface area contributed by atoms with E-state index in [1.54, 1.807) is 13.0 Å². The van der Waals surface area contributed by atoms with Gasteiger partial charge in [0.05, 0.1) is 6.61 Å². The Hall–Kier alpha value is -1.09. The fourth-order valence-corrected chi connectivity index (χ4v) is 1.86. The van der Waals surface area contributed by atoms with Gasteiger partial charge in [-0.25, -0.2) is 4.39 Å². The lowest BCUT2D eigenvalue weighted by atomic mass is 10.1. The van der Waals surface area contributed by atoms with E-state index in [0.29, 0.717) is 24.0 Å². The highest BCUT2D eigenvalue weighted by atomic mass is 19.1. The van der Waals surface area contributed by atoms with Gasteiger partial charge in [0.15, 0.2) is 0 Å². The first kappa shape index (κ1) is 15.0. The standard InChI is InChI=1S/C15H24FNO/c1-4-17-13(3)7-5-6-10-18-14-9-8-12(2)15(16)11-14/h8-9,11,13,17H,4-7,10H2,1-3H3. The van der Waals surface area contributed by atoms with E-state index >= 15 is 0 Å². The van der Waals surface area contributed by atoms with Gasteiger partial charge in [-0.1, -0.05) is 13.0 Å². The zero-order valence-electron chi connectivity index (χ0n) is 11.6. The average Bonchev–Trinajstić information content (AvgIpc) is 2.33. The van der Waals surface area contributed by atoms with E-state index in [9.17, 15) is 4.39 Å². The smallest absolute Gasteiger partial charge is 0.129 e. The van der Waals surface area contributed by atoms with E-state index < -0.39 is 0 Å². The Balaban J connectivity index is 2.16. The molecule has 1 unspecified atom stereocenters. The monoisotopic (exact) mass is 253 g/mol. The van der Waals surface area contributed by atoms with Gasteiger partial charge in [0.1, 0.15) is 11.6 Å². The summed E-state index contributed by atoms with van der Waals surface area (Å²) in [7, 11) is 0. The molecule has 0 saturated carbocycles. The molecule has 0 fully saturated rings. The molecule has 0 radical (unpaired) electrons. The zero-order chi connectivity index (χ0) is 13.4. The van der Waals surface area contributed by atoms with Crippen LogP contribution in [0.3, 0.4) is 0 Å². The Kier molecular flexibility index (Phi) is 6.73. The van der Waals surface area contributed by atoms with Crippen LogP contribution in [-0.4, -0.2) is 19.2 Å². The van der Waals surface area contributed by atoms with Gasteiger partial charge in [-0.05, 0) is 51.3 Å². The highest BCUT2D eigenvalue weighted by Gasteiger charge is 2.01.